The number of anilines is 2. The fourth-order valence-electron chi connectivity index (χ4n) is 3.35. The van der Waals surface area contributed by atoms with Gasteiger partial charge in [0.25, 0.3) is 5.91 Å². The number of hydrogen-bond donors (Lipinski definition) is 1. The maximum absolute atomic E-state index is 12.4. The number of ether oxygens (including phenoxy) is 2. The minimum atomic E-state index is -0.170. The average molecular weight is 398 g/mol. The van der Waals surface area contributed by atoms with Gasteiger partial charge >= 0.3 is 0 Å². The van der Waals surface area contributed by atoms with Crippen LogP contribution in [-0.4, -0.2) is 56.7 Å². The van der Waals surface area contributed by atoms with Crippen molar-refractivity contribution in [3.8, 4) is 11.5 Å². The third-order valence-electron chi connectivity index (χ3n) is 5.00. The Morgan fingerprint density at radius 3 is 2.24 bits per heavy atom. The Balaban J connectivity index is 1.53. The van der Waals surface area contributed by atoms with Gasteiger partial charge < -0.3 is 24.6 Å². The molecule has 0 aromatic heterocycles. The molecular formula is C23H31N3O3. The summed E-state index contributed by atoms with van der Waals surface area (Å²) < 4.78 is 11.2. The Kier molecular flexibility index (Phi) is 7.76. The lowest BCUT2D eigenvalue weighted by molar-refractivity contribution is -0.118. The maximum Gasteiger partial charge on any atom is 0.262 e. The Bertz CT molecular complexity index is 771. The van der Waals surface area contributed by atoms with E-state index in [1.165, 1.54) is 0 Å². The number of carbonyl (C=O) groups is 1. The van der Waals surface area contributed by atoms with Crippen molar-refractivity contribution < 1.29 is 14.3 Å². The number of nitrogens with zero attached hydrogens (tertiary/aromatic N) is 2. The fourth-order valence-corrected chi connectivity index (χ4v) is 3.35. The van der Waals surface area contributed by atoms with Crippen LogP contribution in [0.1, 0.15) is 20.3 Å². The summed E-state index contributed by atoms with van der Waals surface area (Å²) in [6, 6.07) is 15.3. The highest BCUT2D eigenvalue weighted by molar-refractivity contribution is 5.95. The topological polar surface area (TPSA) is 54.0 Å². The molecule has 1 amide bonds. The molecule has 1 N–H and O–H groups in total. The number of amides is 1. The number of carbonyl (C=O) groups excluding carboxylic acids is 1. The van der Waals surface area contributed by atoms with Crippen LogP contribution in [0, 0.1) is 0 Å². The summed E-state index contributed by atoms with van der Waals surface area (Å²) in [5.41, 5.74) is 1.89. The molecule has 0 saturated carbocycles. The van der Waals surface area contributed by atoms with Gasteiger partial charge in [0.15, 0.2) is 6.61 Å². The molecule has 156 valence electrons. The van der Waals surface area contributed by atoms with Crippen LogP contribution >= 0.6 is 0 Å². The number of rotatable bonds is 9. The van der Waals surface area contributed by atoms with Crippen molar-refractivity contribution >= 4 is 17.3 Å². The first kappa shape index (κ1) is 21.0. The molecule has 1 fully saturated rings. The third kappa shape index (κ3) is 6.12. The third-order valence-corrected chi connectivity index (χ3v) is 5.00. The van der Waals surface area contributed by atoms with Crippen molar-refractivity contribution in [2.24, 2.45) is 0 Å². The highest BCUT2D eigenvalue weighted by atomic mass is 16.5. The summed E-state index contributed by atoms with van der Waals surface area (Å²) in [5, 5.41) is 3.00. The maximum atomic E-state index is 12.4. The molecule has 1 saturated heterocycles. The van der Waals surface area contributed by atoms with Gasteiger partial charge in [0, 0.05) is 26.2 Å². The largest absolute Gasteiger partial charge is 0.494 e. The van der Waals surface area contributed by atoms with E-state index in [1.54, 1.807) is 0 Å². The summed E-state index contributed by atoms with van der Waals surface area (Å²) in [6.45, 7) is 10.00. The van der Waals surface area contributed by atoms with Crippen LogP contribution in [0.2, 0.25) is 0 Å². The van der Waals surface area contributed by atoms with Crippen molar-refractivity contribution in [2.75, 3.05) is 56.2 Å². The first-order chi connectivity index (χ1) is 14.2. The first-order valence-electron chi connectivity index (χ1n) is 10.4. The summed E-state index contributed by atoms with van der Waals surface area (Å²) in [6.07, 6.45) is 0.966. The van der Waals surface area contributed by atoms with Crippen LogP contribution in [0.3, 0.4) is 0 Å². The van der Waals surface area contributed by atoms with Crippen LogP contribution in [0.4, 0.5) is 11.4 Å². The smallest absolute Gasteiger partial charge is 0.262 e. The Hall–Kier alpha value is -2.73. The lowest BCUT2D eigenvalue weighted by Gasteiger charge is -2.36. The van der Waals surface area contributed by atoms with Crippen molar-refractivity contribution in [3.05, 3.63) is 48.5 Å². The van der Waals surface area contributed by atoms with Crippen LogP contribution in [0.15, 0.2) is 48.5 Å². The predicted molar refractivity (Wildman–Crippen MR) is 117 cm³/mol. The van der Waals surface area contributed by atoms with Crippen LogP contribution in [0.5, 0.6) is 11.5 Å². The number of nitrogens with one attached hydrogen (secondary N) is 1. The van der Waals surface area contributed by atoms with Gasteiger partial charge in [-0.1, -0.05) is 26.0 Å². The average Bonchev–Trinajstić information content (AvgIpc) is 2.77. The Labute approximate surface area is 173 Å². The molecule has 6 heteroatoms. The molecule has 0 spiro atoms. The van der Waals surface area contributed by atoms with Crippen LogP contribution < -0.4 is 19.7 Å². The SMILES string of the molecule is CCCOc1ccc(OCC(=O)Nc2ccccc2N2CCN(CC)CC2)cc1. The molecule has 2 aromatic rings. The van der Waals surface area contributed by atoms with Gasteiger partial charge in [0.1, 0.15) is 11.5 Å². The number of hydrogen-bond acceptors (Lipinski definition) is 5. The van der Waals surface area contributed by atoms with Crippen LogP contribution in [0.25, 0.3) is 0 Å². The predicted octanol–water partition coefficient (Wildman–Crippen LogP) is 3.63. The van der Waals surface area contributed by atoms with E-state index in [0.29, 0.717) is 12.4 Å². The first-order valence-corrected chi connectivity index (χ1v) is 10.4. The second kappa shape index (κ2) is 10.7. The molecule has 29 heavy (non-hydrogen) atoms. The molecule has 6 nitrogen and oxygen atoms in total. The number of para-hydroxylation sites is 2. The molecule has 2 aromatic carbocycles. The molecule has 0 radical (unpaired) electrons. The standard InChI is InChI=1S/C23H31N3O3/c1-3-17-28-19-9-11-20(12-10-19)29-18-23(27)24-21-7-5-6-8-22(21)26-15-13-25(4-2)14-16-26/h5-12H,3-4,13-18H2,1-2H3,(H,24,27). The molecule has 1 aliphatic rings. The second-order valence-electron chi connectivity index (χ2n) is 7.10. The molecule has 1 aliphatic heterocycles. The Morgan fingerprint density at radius 2 is 1.59 bits per heavy atom. The van der Waals surface area contributed by atoms with E-state index < -0.39 is 0 Å². The van der Waals surface area contributed by atoms with E-state index >= 15 is 0 Å². The van der Waals surface area contributed by atoms with Crippen LogP contribution in [-0.2, 0) is 4.79 Å². The summed E-state index contributed by atoms with van der Waals surface area (Å²) in [4.78, 5) is 17.2. The number of benzene rings is 2. The highest BCUT2D eigenvalue weighted by Gasteiger charge is 2.18. The number of likely N-dealkylation sites (N-methyl/N-ethyl adjacent to an activating group) is 1. The number of piperazine rings is 1. The van der Waals surface area contributed by atoms with Gasteiger partial charge in [-0.3, -0.25) is 4.79 Å². The monoisotopic (exact) mass is 397 g/mol. The van der Waals surface area contributed by atoms with Crippen molar-refractivity contribution in [2.45, 2.75) is 20.3 Å². The van der Waals surface area contributed by atoms with E-state index in [9.17, 15) is 4.79 Å². The van der Waals surface area contributed by atoms with Crippen molar-refractivity contribution in [1.82, 2.24) is 4.90 Å². The van der Waals surface area contributed by atoms with E-state index in [1.807, 2.05) is 42.5 Å². The van der Waals surface area contributed by atoms with Gasteiger partial charge in [-0.2, -0.15) is 0 Å². The zero-order chi connectivity index (χ0) is 20.5. The summed E-state index contributed by atoms with van der Waals surface area (Å²) >= 11 is 0. The summed E-state index contributed by atoms with van der Waals surface area (Å²) in [5.74, 6) is 1.28. The second-order valence-corrected chi connectivity index (χ2v) is 7.10. The Morgan fingerprint density at radius 1 is 0.931 bits per heavy atom. The molecule has 0 unspecified atom stereocenters. The van der Waals surface area contributed by atoms with E-state index in [4.69, 9.17) is 9.47 Å². The molecule has 0 aliphatic carbocycles. The fraction of sp³-hybridized carbons (Fsp3) is 0.435. The zero-order valence-corrected chi connectivity index (χ0v) is 17.4. The van der Waals surface area contributed by atoms with E-state index in [2.05, 4.69) is 35.0 Å². The zero-order valence-electron chi connectivity index (χ0n) is 17.4. The lowest BCUT2D eigenvalue weighted by Crippen LogP contribution is -2.46. The molecule has 3 rings (SSSR count). The molecule has 1 heterocycles. The quantitative estimate of drug-likeness (QED) is 0.700. The summed E-state index contributed by atoms with van der Waals surface area (Å²) in [7, 11) is 0. The molecule has 0 bridgehead atoms. The van der Waals surface area contributed by atoms with Gasteiger partial charge in [0.05, 0.1) is 18.0 Å². The highest BCUT2D eigenvalue weighted by Crippen LogP contribution is 2.26. The van der Waals surface area contributed by atoms with Gasteiger partial charge in [0.2, 0.25) is 0 Å². The van der Waals surface area contributed by atoms with Crippen molar-refractivity contribution in [1.29, 1.82) is 0 Å². The van der Waals surface area contributed by atoms with Gasteiger partial charge in [-0.05, 0) is 49.4 Å². The van der Waals surface area contributed by atoms with E-state index in [0.717, 1.165) is 56.3 Å². The minimum Gasteiger partial charge on any atom is -0.494 e. The minimum absolute atomic E-state index is 0.0346. The van der Waals surface area contributed by atoms with E-state index in [-0.39, 0.29) is 12.5 Å². The van der Waals surface area contributed by atoms with Gasteiger partial charge in [-0.25, -0.2) is 0 Å². The normalized spacial score (nSPS) is 14.5. The lowest BCUT2D eigenvalue weighted by atomic mass is 10.2. The van der Waals surface area contributed by atoms with Crippen molar-refractivity contribution in [3.63, 3.8) is 0 Å². The molecule has 0 atom stereocenters. The molecular weight excluding hydrogens is 366 g/mol. The van der Waals surface area contributed by atoms with Gasteiger partial charge in [-0.15, -0.1) is 0 Å².